The van der Waals surface area contributed by atoms with E-state index in [0.29, 0.717) is 24.2 Å². The van der Waals surface area contributed by atoms with E-state index in [0.717, 1.165) is 5.52 Å². The molecule has 0 aliphatic carbocycles. The molecular weight excluding hydrogens is 312 g/mol. The molecule has 3 aromatic rings. The second kappa shape index (κ2) is 6.06. The first-order valence-corrected chi connectivity index (χ1v) is 8.73. The quantitative estimate of drug-likeness (QED) is 0.780. The van der Waals surface area contributed by atoms with E-state index < -0.39 is 9.84 Å². The topological polar surface area (TPSA) is 74.3 Å². The van der Waals surface area contributed by atoms with Gasteiger partial charge in [-0.1, -0.05) is 18.2 Å². The fraction of sp³-hybridized carbons (Fsp3) is 0.176. The minimum absolute atomic E-state index is 0.269. The molecule has 0 spiro atoms. The number of nitrogens with zero attached hydrogens (tertiary/aromatic N) is 1. The molecule has 0 saturated heterocycles. The van der Waals surface area contributed by atoms with Crippen LogP contribution in [0.4, 0.5) is 0 Å². The average Bonchev–Trinajstić information content (AvgIpc) is 2.94. The lowest BCUT2D eigenvalue weighted by Gasteiger charge is -2.04. The SMILES string of the molecule is COc1ccc2c(c1)c(S(=O)(=O)c1ccccc1)cn2CCN. The normalized spacial score (nSPS) is 11.7. The van der Waals surface area contributed by atoms with Crippen LogP contribution in [0.1, 0.15) is 0 Å². The lowest BCUT2D eigenvalue weighted by Crippen LogP contribution is -2.08. The molecule has 0 aliphatic rings. The van der Waals surface area contributed by atoms with Gasteiger partial charge in [0, 0.05) is 30.2 Å². The third-order valence-electron chi connectivity index (χ3n) is 3.76. The number of aromatic nitrogens is 1. The summed E-state index contributed by atoms with van der Waals surface area (Å²) in [6.45, 7) is 0.980. The van der Waals surface area contributed by atoms with Gasteiger partial charge in [-0.2, -0.15) is 0 Å². The molecule has 5 nitrogen and oxygen atoms in total. The lowest BCUT2D eigenvalue weighted by atomic mass is 10.2. The molecule has 2 N–H and O–H groups in total. The fourth-order valence-electron chi connectivity index (χ4n) is 2.64. The summed E-state index contributed by atoms with van der Waals surface area (Å²) in [5.74, 6) is 0.618. The van der Waals surface area contributed by atoms with Gasteiger partial charge in [0.2, 0.25) is 9.84 Å². The van der Waals surface area contributed by atoms with Crippen molar-refractivity contribution in [3.63, 3.8) is 0 Å². The van der Waals surface area contributed by atoms with E-state index in [1.165, 1.54) is 0 Å². The molecule has 1 aromatic heterocycles. The molecule has 0 saturated carbocycles. The van der Waals surface area contributed by atoms with E-state index in [1.807, 2.05) is 16.7 Å². The zero-order valence-corrected chi connectivity index (χ0v) is 13.6. The third-order valence-corrected chi connectivity index (χ3v) is 5.56. The number of fused-ring (bicyclic) bond motifs is 1. The maximum atomic E-state index is 13.0. The molecule has 6 heteroatoms. The number of hydrogen-bond acceptors (Lipinski definition) is 4. The van der Waals surface area contributed by atoms with E-state index in [-0.39, 0.29) is 9.79 Å². The van der Waals surface area contributed by atoms with Gasteiger partial charge in [0.1, 0.15) is 5.75 Å². The number of benzene rings is 2. The molecule has 0 bridgehead atoms. The van der Waals surface area contributed by atoms with E-state index in [1.54, 1.807) is 49.7 Å². The fourth-order valence-corrected chi connectivity index (χ4v) is 4.12. The highest BCUT2D eigenvalue weighted by atomic mass is 32.2. The summed E-state index contributed by atoms with van der Waals surface area (Å²) in [6, 6.07) is 13.8. The van der Waals surface area contributed by atoms with Crippen molar-refractivity contribution in [1.29, 1.82) is 0 Å². The Bertz CT molecular complexity index is 931. The first-order chi connectivity index (χ1) is 11.1. The minimum Gasteiger partial charge on any atom is -0.497 e. The first-order valence-electron chi connectivity index (χ1n) is 7.25. The summed E-state index contributed by atoms with van der Waals surface area (Å²) in [6.07, 6.45) is 1.65. The number of ether oxygens (including phenoxy) is 1. The predicted molar refractivity (Wildman–Crippen MR) is 89.4 cm³/mol. The molecule has 0 fully saturated rings. The molecule has 0 unspecified atom stereocenters. The van der Waals surface area contributed by atoms with Gasteiger partial charge in [0.25, 0.3) is 0 Å². The van der Waals surface area contributed by atoms with Crippen molar-refractivity contribution in [2.24, 2.45) is 5.73 Å². The van der Waals surface area contributed by atoms with Crippen LogP contribution in [-0.4, -0.2) is 26.6 Å². The molecule has 0 aliphatic heterocycles. The molecule has 0 amide bonds. The minimum atomic E-state index is -3.61. The highest BCUT2D eigenvalue weighted by molar-refractivity contribution is 7.91. The van der Waals surface area contributed by atoms with Crippen molar-refractivity contribution >= 4 is 20.7 Å². The highest BCUT2D eigenvalue weighted by Crippen LogP contribution is 2.32. The van der Waals surface area contributed by atoms with Crippen LogP contribution in [0.3, 0.4) is 0 Å². The Morgan fingerprint density at radius 2 is 1.87 bits per heavy atom. The number of hydrogen-bond donors (Lipinski definition) is 1. The van der Waals surface area contributed by atoms with Gasteiger partial charge in [-0.05, 0) is 30.3 Å². The van der Waals surface area contributed by atoms with Crippen LogP contribution in [0.5, 0.6) is 5.75 Å². The molecule has 0 radical (unpaired) electrons. The first kappa shape index (κ1) is 15.6. The Hall–Kier alpha value is -2.31. The van der Waals surface area contributed by atoms with Crippen LogP contribution in [-0.2, 0) is 16.4 Å². The van der Waals surface area contributed by atoms with E-state index in [2.05, 4.69) is 0 Å². The highest BCUT2D eigenvalue weighted by Gasteiger charge is 2.23. The molecule has 3 rings (SSSR count). The molecule has 23 heavy (non-hydrogen) atoms. The van der Waals surface area contributed by atoms with Crippen molar-refractivity contribution in [3.05, 3.63) is 54.7 Å². The van der Waals surface area contributed by atoms with Gasteiger partial charge in [-0.25, -0.2) is 8.42 Å². The van der Waals surface area contributed by atoms with Gasteiger partial charge in [-0.15, -0.1) is 0 Å². The average molecular weight is 330 g/mol. The summed E-state index contributed by atoms with van der Waals surface area (Å²) in [4.78, 5) is 0.542. The Morgan fingerprint density at radius 1 is 1.13 bits per heavy atom. The van der Waals surface area contributed by atoms with E-state index in [4.69, 9.17) is 10.5 Å². The van der Waals surface area contributed by atoms with Crippen LogP contribution >= 0.6 is 0 Å². The summed E-state index contributed by atoms with van der Waals surface area (Å²) in [7, 11) is -2.05. The maximum absolute atomic E-state index is 13.0. The van der Waals surface area contributed by atoms with Gasteiger partial charge in [0.05, 0.1) is 16.9 Å². The second-order valence-corrected chi connectivity index (χ2v) is 7.09. The summed E-state index contributed by atoms with van der Waals surface area (Å²) in [5, 5.41) is 0.640. The molecule has 0 atom stereocenters. The van der Waals surface area contributed by atoms with E-state index >= 15 is 0 Å². The van der Waals surface area contributed by atoms with Crippen molar-refractivity contribution < 1.29 is 13.2 Å². The van der Waals surface area contributed by atoms with Crippen molar-refractivity contribution in [2.45, 2.75) is 16.3 Å². The van der Waals surface area contributed by atoms with Crippen molar-refractivity contribution in [3.8, 4) is 5.75 Å². The Balaban J connectivity index is 2.28. The van der Waals surface area contributed by atoms with Crippen LogP contribution in [0.15, 0.2) is 64.5 Å². The van der Waals surface area contributed by atoms with Gasteiger partial charge in [0.15, 0.2) is 0 Å². The number of methoxy groups -OCH3 is 1. The van der Waals surface area contributed by atoms with Gasteiger partial charge < -0.3 is 15.0 Å². The van der Waals surface area contributed by atoms with Crippen molar-refractivity contribution in [1.82, 2.24) is 4.57 Å². The van der Waals surface area contributed by atoms with Crippen LogP contribution in [0.25, 0.3) is 10.9 Å². The zero-order valence-electron chi connectivity index (χ0n) is 12.8. The van der Waals surface area contributed by atoms with Crippen LogP contribution < -0.4 is 10.5 Å². The lowest BCUT2D eigenvalue weighted by molar-refractivity contribution is 0.415. The monoisotopic (exact) mass is 330 g/mol. The third kappa shape index (κ3) is 2.71. The Kier molecular flexibility index (Phi) is 4.11. The van der Waals surface area contributed by atoms with Crippen molar-refractivity contribution in [2.75, 3.05) is 13.7 Å². The number of sulfone groups is 1. The second-order valence-electron chi connectivity index (χ2n) is 5.17. The summed E-state index contributed by atoms with van der Waals surface area (Å²) >= 11 is 0. The predicted octanol–water partition coefficient (Wildman–Crippen LogP) is 2.44. The van der Waals surface area contributed by atoms with Gasteiger partial charge in [-0.3, -0.25) is 0 Å². The summed E-state index contributed by atoms with van der Waals surface area (Å²) < 4.78 is 33.1. The Morgan fingerprint density at radius 3 is 2.52 bits per heavy atom. The zero-order chi connectivity index (χ0) is 16.4. The van der Waals surface area contributed by atoms with Crippen LogP contribution in [0, 0.1) is 0 Å². The molecule has 2 aromatic carbocycles. The smallest absolute Gasteiger partial charge is 0.208 e. The largest absolute Gasteiger partial charge is 0.497 e. The van der Waals surface area contributed by atoms with E-state index in [9.17, 15) is 8.42 Å². The molecule has 1 heterocycles. The molecule has 120 valence electrons. The Labute approximate surface area is 135 Å². The standard InChI is InChI=1S/C17H18N2O3S/c1-22-13-7-8-16-15(11-13)17(12-19(16)10-9-18)23(20,21)14-5-3-2-4-6-14/h2-8,11-12H,9-10,18H2,1H3. The van der Waals surface area contributed by atoms with Crippen LogP contribution in [0.2, 0.25) is 0 Å². The maximum Gasteiger partial charge on any atom is 0.208 e. The molecular formula is C17H18N2O3S. The van der Waals surface area contributed by atoms with Gasteiger partial charge >= 0.3 is 0 Å². The number of rotatable bonds is 5. The number of nitrogens with two attached hydrogens (primary N) is 1. The summed E-state index contributed by atoms with van der Waals surface area (Å²) in [5.41, 5.74) is 6.47.